The fourth-order valence-electron chi connectivity index (χ4n) is 3.10. The van der Waals surface area contributed by atoms with Crippen LogP contribution in [-0.2, 0) is 0 Å². The maximum atomic E-state index is 9.85. The van der Waals surface area contributed by atoms with Crippen LogP contribution in [0.5, 0.6) is 0 Å². The van der Waals surface area contributed by atoms with E-state index >= 15 is 0 Å². The van der Waals surface area contributed by atoms with Crippen molar-refractivity contribution in [1.29, 1.82) is 0 Å². The fourth-order valence-corrected chi connectivity index (χ4v) is 3.76. The van der Waals surface area contributed by atoms with Gasteiger partial charge in [0.25, 0.3) is 0 Å². The van der Waals surface area contributed by atoms with Gasteiger partial charge < -0.3 is 10.4 Å². The molecule has 3 nitrogen and oxygen atoms in total. The van der Waals surface area contributed by atoms with Gasteiger partial charge >= 0.3 is 0 Å². The first-order valence-electron chi connectivity index (χ1n) is 7.87. The quantitative estimate of drug-likeness (QED) is 0.777. The van der Waals surface area contributed by atoms with Crippen LogP contribution in [0.4, 0.5) is 0 Å². The number of piperazine rings is 1. The number of rotatable bonds is 6. The molecular weight excluding hydrogens is 316 g/mol. The highest BCUT2D eigenvalue weighted by molar-refractivity contribution is 7.99. The third-order valence-electron chi connectivity index (χ3n) is 4.17. The molecule has 1 fully saturated rings. The largest absolute Gasteiger partial charge is 0.396 e. The molecule has 1 saturated heterocycles. The zero-order valence-electron chi connectivity index (χ0n) is 13.8. The predicted octanol–water partition coefficient (Wildman–Crippen LogP) is 3.19. The van der Waals surface area contributed by atoms with Gasteiger partial charge in [-0.25, -0.2) is 0 Å². The fraction of sp³-hybridized carbons (Fsp3) is 0.647. The number of thioether (sulfide) groups is 1. The second-order valence-electron chi connectivity index (χ2n) is 6.34. The molecule has 2 rings (SSSR count). The number of aliphatic hydroxyl groups excluding tert-OH is 1. The van der Waals surface area contributed by atoms with Crippen molar-refractivity contribution in [1.82, 2.24) is 10.2 Å². The lowest BCUT2D eigenvalue weighted by Crippen LogP contribution is -2.49. The second kappa shape index (κ2) is 9.14. The van der Waals surface area contributed by atoms with Crippen LogP contribution in [0, 0.1) is 5.41 Å². The Morgan fingerprint density at radius 2 is 1.82 bits per heavy atom. The SMILES string of the molecule is CCSc1ccc([C@H](N2CCNCC2)C(C)(C)CO)cc1.Cl. The average molecular weight is 345 g/mol. The lowest BCUT2D eigenvalue weighted by Gasteiger charge is -2.43. The highest BCUT2D eigenvalue weighted by Crippen LogP contribution is 2.38. The predicted molar refractivity (Wildman–Crippen MR) is 98.1 cm³/mol. The number of benzene rings is 1. The van der Waals surface area contributed by atoms with E-state index in [1.54, 1.807) is 0 Å². The molecule has 0 spiro atoms. The van der Waals surface area contributed by atoms with Gasteiger partial charge in [-0.1, -0.05) is 32.9 Å². The van der Waals surface area contributed by atoms with Gasteiger partial charge in [-0.2, -0.15) is 0 Å². The van der Waals surface area contributed by atoms with Crippen LogP contribution in [0.2, 0.25) is 0 Å². The lowest BCUT2D eigenvalue weighted by molar-refractivity contribution is 0.0305. The molecule has 1 aliphatic heterocycles. The van der Waals surface area contributed by atoms with Crippen molar-refractivity contribution in [3.8, 4) is 0 Å². The Morgan fingerprint density at radius 1 is 1.23 bits per heavy atom. The molecule has 1 aromatic carbocycles. The molecule has 2 N–H and O–H groups in total. The second-order valence-corrected chi connectivity index (χ2v) is 7.67. The molecule has 0 bridgehead atoms. The number of nitrogens with one attached hydrogen (secondary N) is 1. The van der Waals surface area contributed by atoms with Gasteiger partial charge in [0, 0.05) is 49.1 Å². The van der Waals surface area contributed by atoms with Gasteiger partial charge in [0.15, 0.2) is 0 Å². The lowest BCUT2D eigenvalue weighted by atomic mass is 9.80. The van der Waals surface area contributed by atoms with Crippen LogP contribution >= 0.6 is 24.2 Å². The summed E-state index contributed by atoms with van der Waals surface area (Å²) in [6.07, 6.45) is 0. The normalized spacial score (nSPS) is 17.8. The Hall–Kier alpha value is -0.260. The van der Waals surface area contributed by atoms with Gasteiger partial charge in [-0.05, 0) is 23.4 Å². The third-order valence-corrected chi connectivity index (χ3v) is 5.07. The molecule has 0 aromatic heterocycles. The summed E-state index contributed by atoms with van der Waals surface area (Å²) >= 11 is 1.87. The van der Waals surface area contributed by atoms with Crippen LogP contribution in [0.3, 0.4) is 0 Å². The van der Waals surface area contributed by atoms with Crippen LogP contribution in [0.15, 0.2) is 29.2 Å². The topological polar surface area (TPSA) is 35.5 Å². The van der Waals surface area contributed by atoms with E-state index in [2.05, 4.69) is 55.3 Å². The van der Waals surface area contributed by atoms with E-state index in [-0.39, 0.29) is 30.5 Å². The molecule has 1 aromatic rings. The van der Waals surface area contributed by atoms with Gasteiger partial charge in [0.1, 0.15) is 0 Å². The van der Waals surface area contributed by atoms with Crippen molar-refractivity contribution >= 4 is 24.2 Å². The van der Waals surface area contributed by atoms with Crippen LogP contribution in [0.1, 0.15) is 32.4 Å². The monoisotopic (exact) mass is 344 g/mol. The van der Waals surface area contributed by atoms with Crippen molar-refractivity contribution in [3.63, 3.8) is 0 Å². The minimum Gasteiger partial charge on any atom is -0.396 e. The Bertz CT molecular complexity index is 433. The van der Waals surface area contributed by atoms with Crippen molar-refractivity contribution < 1.29 is 5.11 Å². The van der Waals surface area contributed by atoms with Gasteiger partial charge in [-0.15, -0.1) is 24.2 Å². The Balaban J connectivity index is 0.00000242. The highest BCUT2D eigenvalue weighted by Gasteiger charge is 2.35. The summed E-state index contributed by atoms with van der Waals surface area (Å²) in [4.78, 5) is 3.83. The maximum Gasteiger partial charge on any atom is 0.0500 e. The molecule has 1 aliphatic rings. The number of halogens is 1. The van der Waals surface area contributed by atoms with Gasteiger partial charge in [-0.3, -0.25) is 4.90 Å². The molecular formula is C17H29ClN2OS. The van der Waals surface area contributed by atoms with E-state index in [4.69, 9.17) is 0 Å². The molecule has 0 aliphatic carbocycles. The summed E-state index contributed by atoms with van der Waals surface area (Å²) in [5.74, 6) is 1.10. The van der Waals surface area contributed by atoms with Crippen LogP contribution < -0.4 is 5.32 Å². The molecule has 1 heterocycles. The maximum absolute atomic E-state index is 9.85. The first-order valence-corrected chi connectivity index (χ1v) is 8.85. The number of aliphatic hydroxyl groups is 1. The first-order chi connectivity index (χ1) is 10.1. The molecule has 0 saturated carbocycles. The zero-order chi connectivity index (χ0) is 15.3. The number of hydrogen-bond donors (Lipinski definition) is 2. The Kier molecular flexibility index (Phi) is 8.22. The minimum absolute atomic E-state index is 0. The molecule has 22 heavy (non-hydrogen) atoms. The van der Waals surface area contributed by atoms with E-state index in [0.717, 1.165) is 31.9 Å². The van der Waals surface area contributed by atoms with Gasteiger partial charge in [0.05, 0.1) is 0 Å². The molecule has 5 heteroatoms. The standard InChI is InChI=1S/C17H28N2OS.ClH/c1-4-21-15-7-5-14(6-8-15)16(17(2,3)13-20)19-11-9-18-10-12-19;/h5-8,16,18,20H,4,9-13H2,1-3H3;1H/t16-;/m0./s1. The summed E-state index contributed by atoms with van der Waals surface area (Å²) in [5.41, 5.74) is 1.17. The highest BCUT2D eigenvalue weighted by atomic mass is 35.5. The number of hydrogen-bond acceptors (Lipinski definition) is 4. The summed E-state index contributed by atoms with van der Waals surface area (Å²) < 4.78 is 0. The summed E-state index contributed by atoms with van der Waals surface area (Å²) in [5, 5.41) is 13.3. The zero-order valence-corrected chi connectivity index (χ0v) is 15.5. The van der Waals surface area contributed by atoms with Crippen molar-refractivity contribution in [3.05, 3.63) is 29.8 Å². The third kappa shape index (κ3) is 4.87. The molecule has 0 amide bonds. The van der Waals surface area contributed by atoms with Crippen molar-refractivity contribution in [2.24, 2.45) is 5.41 Å². The van der Waals surface area contributed by atoms with Gasteiger partial charge in [0.2, 0.25) is 0 Å². The van der Waals surface area contributed by atoms with Crippen LogP contribution in [-0.4, -0.2) is 48.5 Å². The summed E-state index contributed by atoms with van der Waals surface area (Å²) in [6, 6.07) is 9.17. The summed E-state index contributed by atoms with van der Waals surface area (Å²) in [6.45, 7) is 10.8. The Morgan fingerprint density at radius 3 is 2.32 bits per heavy atom. The van der Waals surface area contributed by atoms with E-state index in [1.807, 2.05) is 11.8 Å². The van der Waals surface area contributed by atoms with E-state index in [1.165, 1.54) is 10.5 Å². The van der Waals surface area contributed by atoms with E-state index < -0.39 is 0 Å². The summed E-state index contributed by atoms with van der Waals surface area (Å²) in [7, 11) is 0. The average Bonchev–Trinajstić information content (AvgIpc) is 2.50. The molecule has 0 radical (unpaired) electrons. The molecule has 0 unspecified atom stereocenters. The van der Waals surface area contributed by atoms with E-state index in [9.17, 15) is 5.11 Å². The smallest absolute Gasteiger partial charge is 0.0500 e. The molecule has 126 valence electrons. The Labute approximate surface area is 145 Å². The van der Waals surface area contributed by atoms with Crippen molar-refractivity contribution in [2.45, 2.75) is 31.7 Å². The van der Waals surface area contributed by atoms with E-state index in [0.29, 0.717) is 0 Å². The first kappa shape index (κ1) is 19.8. The van der Waals surface area contributed by atoms with Crippen molar-refractivity contribution in [2.75, 3.05) is 38.5 Å². The van der Waals surface area contributed by atoms with Crippen LogP contribution in [0.25, 0.3) is 0 Å². The number of nitrogens with zero attached hydrogens (tertiary/aromatic N) is 1. The molecule has 1 atom stereocenters. The minimum atomic E-state index is -0.142.